The monoisotopic (exact) mass is 395 g/mol. The number of hydrogen-bond donors (Lipinski definition) is 0. The number of hydrazone groups is 1. The van der Waals surface area contributed by atoms with Gasteiger partial charge in [0.15, 0.2) is 0 Å². The van der Waals surface area contributed by atoms with Crippen LogP contribution in [0, 0.1) is 11.6 Å². The highest BCUT2D eigenvalue weighted by atomic mass is 19.1. The average Bonchev–Trinajstić information content (AvgIpc) is 3.35. The smallest absolute Gasteiger partial charge is 0.243 e. The number of aromatic nitrogens is 3. The van der Waals surface area contributed by atoms with E-state index >= 15 is 0 Å². The van der Waals surface area contributed by atoms with Gasteiger partial charge in [-0.15, -0.1) is 0 Å². The van der Waals surface area contributed by atoms with Crippen LogP contribution in [0.15, 0.2) is 60.1 Å². The molecule has 0 saturated heterocycles. The quantitative estimate of drug-likeness (QED) is 0.593. The van der Waals surface area contributed by atoms with Crippen LogP contribution in [0.4, 0.5) is 8.78 Å². The Labute approximate surface area is 166 Å². The molecule has 29 heavy (non-hydrogen) atoms. The molecule has 0 saturated carbocycles. The van der Waals surface area contributed by atoms with Gasteiger partial charge >= 0.3 is 0 Å². The Kier molecular flexibility index (Phi) is 5.16. The number of carbonyl (C=O) groups excluding carboxylic acids is 1. The number of amides is 1. The highest BCUT2D eigenvalue weighted by Gasteiger charge is 2.28. The Bertz CT molecular complexity index is 1110. The third-order valence-electron chi connectivity index (χ3n) is 4.90. The number of rotatable bonds is 6. The molecule has 3 heterocycles. The zero-order valence-corrected chi connectivity index (χ0v) is 15.6. The number of fused-ring (bicyclic) bond motifs is 1. The molecule has 8 heteroatoms. The number of halogens is 2. The first-order valence-corrected chi connectivity index (χ1v) is 9.24. The van der Waals surface area contributed by atoms with Crippen molar-refractivity contribution in [2.75, 3.05) is 0 Å². The van der Waals surface area contributed by atoms with E-state index in [0.717, 1.165) is 11.8 Å². The minimum absolute atomic E-state index is 0.175. The summed E-state index contributed by atoms with van der Waals surface area (Å²) in [5.74, 6) is -0.942. The molecule has 1 aromatic carbocycles. The van der Waals surface area contributed by atoms with Crippen molar-refractivity contribution in [3.63, 3.8) is 0 Å². The third-order valence-corrected chi connectivity index (χ3v) is 4.90. The predicted molar refractivity (Wildman–Crippen MR) is 105 cm³/mol. The van der Waals surface area contributed by atoms with Crippen molar-refractivity contribution in [3.05, 3.63) is 72.2 Å². The van der Waals surface area contributed by atoms with Crippen LogP contribution in [0.2, 0.25) is 0 Å². The van der Waals surface area contributed by atoms with Crippen LogP contribution < -0.4 is 0 Å². The molecule has 0 N–H and O–H groups in total. The molecule has 1 atom stereocenters. The van der Waals surface area contributed by atoms with E-state index in [0.29, 0.717) is 35.9 Å². The van der Waals surface area contributed by atoms with E-state index in [9.17, 15) is 13.6 Å². The molecular formula is C21H19F2N5O. The summed E-state index contributed by atoms with van der Waals surface area (Å²) in [7, 11) is 0. The average molecular weight is 395 g/mol. The fourth-order valence-corrected chi connectivity index (χ4v) is 3.42. The van der Waals surface area contributed by atoms with Crippen LogP contribution >= 0.6 is 0 Å². The van der Waals surface area contributed by atoms with Gasteiger partial charge in [0.1, 0.15) is 11.6 Å². The fourth-order valence-electron chi connectivity index (χ4n) is 3.42. The minimum Gasteiger partial charge on any atom is -0.273 e. The van der Waals surface area contributed by atoms with Crippen LogP contribution in [0.5, 0.6) is 0 Å². The summed E-state index contributed by atoms with van der Waals surface area (Å²) in [6, 6.07) is 5.84. The normalized spacial score (nSPS) is 15.9. The molecule has 4 rings (SSSR count). The second kappa shape index (κ2) is 7.90. The first kappa shape index (κ1) is 18.9. The lowest BCUT2D eigenvalue weighted by Gasteiger charge is -2.22. The molecule has 2 aromatic heterocycles. The Balaban J connectivity index is 1.38. The molecule has 0 spiro atoms. The van der Waals surface area contributed by atoms with Crippen LogP contribution in [0.1, 0.15) is 30.9 Å². The van der Waals surface area contributed by atoms with Gasteiger partial charge in [-0.25, -0.2) is 13.8 Å². The second-order valence-electron chi connectivity index (χ2n) is 6.95. The fraction of sp³-hybridized carbons (Fsp3) is 0.238. The Morgan fingerprint density at radius 3 is 2.90 bits per heavy atom. The van der Waals surface area contributed by atoms with Crippen LogP contribution in [-0.2, 0) is 11.3 Å². The van der Waals surface area contributed by atoms with Gasteiger partial charge in [-0.05, 0) is 30.2 Å². The van der Waals surface area contributed by atoms with Crippen molar-refractivity contribution in [3.8, 4) is 0 Å². The van der Waals surface area contributed by atoms with Gasteiger partial charge in [-0.3, -0.25) is 14.5 Å². The van der Waals surface area contributed by atoms with Crippen molar-refractivity contribution in [2.45, 2.75) is 31.8 Å². The molecule has 1 aliphatic heterocycles. The van der Waals surface area contributed by atoms with Gasteiger partial charge in [-0.2, -0.15) is 10.2 Å². The molecular weight excluding hydrogens is 376 g/mol. The maximum Gasteiger partial charge on any atom is 0.243 e. The van der Waals surface area contributed by atoms with Crippen LogP contribution in [-0.4, -0.2) is 31.9 Å². The molecule has 3 aromatic rings. The molecule has 0 fully saturated rings. The second-order valence-corrected chi connectivity index (χ2v) is 6.95. The molecule has 148 valence electrons. The maximum atomic E-state index is 13.8. The summed E-state index contributed by atoms with van der Waals surface area (Å²) < 4.78 is 28.9. The Hall–Kier alpha value is -3.42. The zero-order valence-electron chi connectivity index (χ0n) is 15.6. The van der Waals surface area contributed by atoms with Crippen molar-refractivity contribution in [2.24, 2.45) is 5.10 Å². The number of allylic oxidation sites excluding steroid dienone is 1. The summed E-state index contributed by atoms with van der Waals surface area (Å²) in [5.41, 5.74) is 2.08. The van der Waals surface area contributed by atoms with Crippen molar-refractivity contribution in [1.29, 1.82) is 0 Å². The number of benzene rings is 1. The highest BCUT2D eigenvalue weighted by molar-refractivity contribution is 5.80. The van der Waals surface area contributed by atoms with Gasteiger partial charge in [0.2, 0.25) is 5.91 Å². The Morgan fingerprint density at radius 2 is 2.07 bits per heavy atom. The van der Waals surface area contributed by atoms with Gasteiger partial charge in [-0.1, -0.05) is 18.2 Å². The van der Waals surface area contributed by atoms with Crippen molar-refractivity contribution < 1.29 is 13.6 Å². The number of hydrogen-bond acceptors (Lipinski definition) is 4. The van der Waals surface area contributed by atoms with Gasteiger partial charge in [0.05, 0.1) is 35.9 Å². The van der Waals surface area contributed by atoms with Crippen LogP contribution in [0.3, 0.4) is 0 Å². The minimum atomic E-state index is -0.446. The van der Waals surface area contributed by atoms with Gasteiger partial charge in [0, 0.05) is 25.3 Å². The lowest BCUT2D eigenvalue weighted by molar-refractivity contribution is -0.133. The highest BCUT2D eigenvalue weighted by Crippen LogP contribution is 2.29. The van der Waals surface area contributed by atoms with E-state index in [4.69, 9.17) is 0 Å². The zero-order chi connectivity index (χ0) is 20.4. The van der Waals surface area contributed by atoms with E-state index in [2.05, 4.69) is 21.8 Å². The summed E-state index contributed by atoms with van der Waals surface area (Å²) in [6.45, 7) is 4.41. The lowest BCUT2D eigenvalue weighted by Crippen LogP contribution is -2.27. The molecule has 6 nitrogen and oxygen atoms in total. The van der Waals surface area contributed by atoms with Crippen molar-refractivity contribution in [1.82, 2.24) is 19.8 Å². The third kappa shape index (κ3) is 3.91. The topological polar surface area (TPSA) is 63.4 Å². The molecule has 1 aliphatic rings. The lowest BCUT2D eigenvalue weighted by atomic mass is 10.1. The number of carbonyl (C=O) groups is 1. The molecule has 0 radical (unpaired) electrons. The first-order valence-electron chi connectivity index (χ1n) is 9.24. The molecule has 1 amide bonds. The van der Waals surface area contributed by atoms with Crippen molar-refractivity contribution >= 4 is 23.0 Å². The van der Waals surface area contributed by atoms with Gasteiger partial charge < -0.3 is 0 Å². The SMILES string of the molecule is C=C(CCC(=O)N1N=CCC1c1cncc(F)c1)Cn1ncc2c(F)cccc21. The first-order chi connectivity index (χ1) is 14.0. The van der Waals surface area contributed by atoms with E-state index in [1.54, 1.807) is 29.2 Å². The largest absolute Gasteiger partial charge is 0.273 e. The van der Waals surface area contributed by atoms with E-state index in [1.165, 1.54) is 23.3 Å². The summed E-state index contributed by atoms with van der Waals surface area (Å²) in [4.78, 5) is 16.5. The summed E-state index contributed by atoms with van der Waals surface area (Å²) in [5, 5.41) is 10.2. The van der Waals surface area contributed by atoms with E-state index in [-0.39, 0.29) is 24.2 Å². The van der Waals surface area contributed by atoms with Crippen LogP contribution in [0.25, 0.3) is 10.9 Å². The van der Waals surface area contributed by atoms with E-state index in [1.807, 2.05) is 0 Å². The summed E-state index contributed by atoms with van der Waals surface area (Å²) in [6.07, 6.45) is 6.97. The number of pyridine rings is 1. The maximum absolute atomic E-state index is 13.8. The predicted octanol–water partition coefficient (Wildman–Crippen LogP) is 4.01. The van der Waals surface area contributed by atoms with Gasteiger partial charge in [0.25, 0.3) is 0 Å². The summed E-state index contributed by atoms with van der Waals surface area (Å²) >= 11 is 0. The van der Waals surface area contributed by atoms with E-state index < -0.39 is 5.82 Å². The number of nitrogens with zero attached hydrogens (tertiary/aromatic N) is 5. The standard InChI is InChI=1S/C21H19F2N5O/c1-14(13-27-20-4-2-3-18(23)17(20)12-26-27)5-6-21(29)28-19(7-8-25-28)15-9-16(22)11-24-10-15/h2-4,8-12,19H,1,5-7,13H2. The Morgan fingerprint density at radius 1 is 1.21 bits per heavy atom. The molecule has 1 unspecified atom stereocenters. The molecule has 0 bridgehead atoms. The molecule has 0 aliphatic carbocycles.